The summed E-state index contributed by atoms with van der Waals surface area (Å²) in [5, 5.41) is 12.9. The number of aliphatic carboxylic acids is 1. The van der Waals surface area contributed by atoms with Crippen LogP contribution in [0.5, 0.6) is 0 Å². The van der Waals surface area contributed by atoms with Crippen molar-refractivity contribution >= 4 is 23.5 Å². The van der Waals surface area contributed by atoms with Crippen molar-refractivity contribution < 1.29 is 9.90 Å². The van der Waals surface area contributed by atoms with Gasteiger partial charge in [-0.2, -0.15) is 0 Å². The van der Waals surface area contributed by atoms with E-state index in [0.717, 1.165) is 12.8 Å². The summed E-state index contributed by atoms with van der Waals surface area (Å²) in [6, 6.07) is 0.419. The molecule has 2 N–H and O–H groups in total. The van der Waals surface area contributed by atoms with Crippen LogP contribution in [0.15, 0.2) is 11.4 Å². The first kappa shape index (κ1) is 13.1. The number of aromatic nitrogens is 2. The smallest absolute Gasteiger partial charge is 0.308 e. The van der Waals surface area contributed by atoms with E-state index in [9.17, 15) is 4.79 Å². The number of rotatable bonds is 5. The average Bonchev–Trinajstić information content (AvgIpc) is 2.83. The number of carboxylic acids is 1. The third kappa shape index (κ3) is 3.35. The highest BCUT2D eigenvalue weighted by molar-refractivity contribution is 7.98. The quantitative estimate of drug-likeness (QED) is 0.629. The van der Waals surface area contributed by atoms with E-state index in [2.05, 4.69) is 15.3 Å². The number of nitrogens with one attached hydrogen (secondary N) is 1. The van der Waals surface area contributed by atoms with Crippen LogP contribution >= 0.6 is 11.8 Å². The molecule has 0 aliphatic heterocycles. The van der Waals surface area contributed by atoms with Gasteiger partial charge in [-0.3, -0.25) is 4.79 Å². The lowest BCUT2D eigenvalue weighted by Crippen LogP contribution is -2.18. The van der Waals surface area contributed by atoms with Gasteiger partial charge in [0.15, 0.2) is 5.16 Å². The first-order valence-electron chi connectivity index (χ1n) is 6.07. The number of hydrogen-bond acceptors (Lipinski definition) is 5. The first-order valence-corrected chi connectivity index (χ1v) is 7.29. The average molecular weight is 267 g/mol. The fourth-order valence-corrected chi connectivity index (χ4v) is 2.51. The van der Waals surface area contributed by atoms with E-state index in [1.165, 1.54) is 24.6 Å². The van der Waals surface area contributed by atoms with E-state index in [1.54, 1.807) is 6.20 Å². The van der Waals surface area contributed by atoms with Crippen molar-refractivity contribution in [3.05, 3.63) is 11.8 Å². The summed E-state index contributed by atoms with van der Waals surface area (Å²) in [5.74, 6) is -0.173. The van der Waals surface area contributed by atoms with Crippen molar-refractivity contribution in [2.24, 2.45) is 0 Å². The largest absolute Gasteiger partial charge is 0.481 e. The van der Waals surface area contributed by atoms with Crippen LogP contribution in [0.1, 0.15) is 31.2 Å². The summed E-state index contributed by atoms with van der Waals surface area (Å²) in [5.41, 5.74) is 0.659. The molecule has 0 bridgehead atoms. The molecule has 1 heterocycles. The normalized spacial score (nSPS) is 15.8. The molecule has 2 rings (SSSR count). The lowest BCUT2D eigenvalue weighted by molar-refractivity contribution is -0.136. The number of carbonyl (C=O) groups is 1. The molecule has 0 unspecified atom stereocenters. The highest BCUT2D eigenvalue weighted by Crippen LogP contribution is 2.24. The molecule has 1 aliphatic rings. The minimum Gasteiger partial charge on any atom is -0.481 e. The predicted octanol–water partition coefficient (Wildman–Crippen LogP) is 2.18. The molecule has 0 atom stereocenters. The topological polar surface area (TPSA) is 75.1 Å². The van der Waals surface area contributed by atoms with Crippen LogP contribution in [0.3, 0.4) is 0 Å². The minimum atomic E-state index is -0.857. The van der Waals surface area contributed by atoms with Crippen LogP contribution in [0.25, 0.3) is 0 Å². The molecular weight excluding hydrogens is 250 g/mol. The molecule has 6 heteroatoms. The van der Waals surface area contributed by atoms with Crippen molar-refractivity contribution in [2.45, 2.75) is 43.3 Å². The standard InChI is InChI=1S/C12H17N3O2S/c1-18-12-13-7-8(6-10(16)17)11(15-12)14-9-4-2-3-5-9/h7,9H,2-6H2,1H3,(H,16,17)(H,13,14,15). The number of carboxylic acid groups (broad SMARTS) is 1. The van der Waals surface area contributed by atoms with Crippen molar-refractivity contribution in [1.82, 2.24) is 9.97 Å². The number of hydrogen-bond donors (Lipinski definition) is 2. The van der Waals surface area contributed by atoms with Crippen LogP contribution < -0.4 is 5.32 Å². The van der Waals surface area contributed by atoms with Crippen molar-refractivity contribution in [2.75, 3.05) is 11.6 Å². The van der Waals surface area contributed by atoms with E-state index >= 15 is 0 Å². The molecule has 1 aromatic rings. The first-order chi connectivity index (χ1) is 8.69. The van der Waals surface area contributed by atoms with Gasteiger partial charge in [-0.25, -0.2) is 9.97 Å². The lowest BCUT2D eigenvalue weighted by Gasteiger charge is -2.15. The van der Waals surface area contributed by atoms with Gasteiger partial charge in [0.05, 0.1) is 6.42 Å². The molecule has 0 amide bonds. The van der Waals surface area contributed by atoms with Crippen molar-refractivity contribution in [1.29, 1.82) is 0 Å². The Balaban J connectivity index is 2.19. The van der Waals surface area contributed by atoms with Gasteiger partial charge in [0.1, 0.15) is 5.82 Å². The van der Waals surface area contributed by atoms with E-state index < -0.39 is 5.97 Å². The highest BCUT2D eigenvalue weighted by atomic mass is 32.2. The fraction of sp³-hybridized carbons (Fsp3) is 0.583. The molecule has 0 radical (unpaired) electrons. The van der Waals surface area contributed by atoms with Gasteiger partial charge in [-0.1, -0.05) is 24.6 Å². The Kier molecular flexibility index (Phi) is 4.41. The van der Waals surface area contributed by atoms with Crippen molar-refractivity contribution in [3.63, 3.8) is 0 Å². The second-order valence-electron chi connectivity index (χ2n) is 4.43. The lowest BCUT2D eigenvalue weighted by atomic mass is 10.2. The third-order valence-electron chi connectivity index (χ3n) is 3.06. The molecule has 1 aliphatic carbocycles. The Morgan fingerprint density at radius 3 is 2.89 bits per heavy atom. The number of nitrogens with zero attached hydrogens (tertiary/aromatic N) is 2. The summed E-state index contributed by atoms with van der Waals surface area (Å²) in [6.45, 7) is 0. The summed E-state index contributed by atoms with van der Waals surface area (Å²) in [6.07, 6.45) is 8.20. The van der Waals surface area contributed by atoms with Gasteiger partial charge < -0.3 is 10.4 Å². The maximum absolute atomic E-state index is 10.8. The summed E-state index contributed by atoms with van der Waals surface area (Å²) in [7, 11) is 0. The molecule has 1 fully saturated rings. The molecule has 1 aromatic heterocycles. The van der Waals surface area contributed by atoms with Gasteiger partial charge in [-0.05, 0) is 19.1 Å². The van der Waals surface area contributed by atoms with Gasteiger partial charge in [0.25, 0.3) is 0 Å². The molecule has 18 heavy (non-hydrogen) atoms. The van der Waals surface area contributed by atoms with Crippen LogP contribution in [0, 0.1) is 0 Å². The summed E-state index contributed by atoms with van der Waals surface area (Å²) >= 11 is 1.46. The number of anilines is 1. The SMILES string of the molecule is CSc1ncc(CC(=O)O)c(NC2CCCC2)n1. The maximum Gasteiger partial charge on any atom is 0.308 e. The summed E-state index contributed by atoms with van der Waals surface area (Å²) in [4.78, 5) is 19.3. The molecule has 0 saturated heterocycles. The second kappa shape index (κ2) is 6.04. The summed E-state index contributed by atoms with van der Waals surface area (Å²) < 4.78 is 0. The van der Waals surface area contributed by atoms with E-state index in [4.69, 9.17) is 5.11 Å². The number of thioether (sulfide) groups is 1. The fourth-order valence-electron chi connectivity index (χ4n) is 2.17. The molecule has 1 saturated carbocycles. The Hall–Kier alpha value is -1.30. The van der Waals surface area contributed by atoms with Crippen LogP contribution in [0.2, 0.25) is 0 Å². The zero-order valence-corrected chi connectivity index (χ0v) is 11.2. The molecule has 98 valence electrons. The zero-order chi connectivity index (χ0) is 13.0. The monoisotopic (exact) mass is 267 g/mol. The van der Waals surface area contributed by atoms with Crippen LogP contribution in [-0.2, 0) is 11.2 Å². The van der Waals surface area contributed by atoms with Gasteiger partial charge in [-0.15, -0.1) is 0 Å². The Morgan fingerprint density at radius 2 is 2.28 bits per heavy atom. The van der Waals surface area contributed by atoms with Crippen LogP contribution in [0.4, 0.5) is 5.82 Å². The third-order valence-corrected chi connectivity index (χ3v) is 3.62. The maximum atomic E-state index is 10.8. The molecule has 5 nitrogen and oxygen atoms in total. The minimum absolute atomic E-state index is 0.0380. The van der Waals surface area contributed by atoms with E-state index in [-0.39, 0.29) is 6.42 Å². The highest BCUT2D eigenvalue weighted by Gasteiger charge is 2.18. The van der Waals surface area contributed by atoms with Gasteiger partial charge >= 0.3 is 5.97 Å². The zero-order valence-electron chi connectivity index (χ0n) is 10.3. The predicted molar refractivity (Wildman–Crippen MR) is 71.0 cm³/mol. The molecular formula is C12H17N3O2S. The van der Waals surface area contributed by atoms with Gasteiger partial charge in [0.2, 0.25) is 0 Å². The Morgan fingerprint density at radius 1 is 1.56 bits per heavy atom. The molecule has 0 aromatic carbocycles. The van der Waals surface area contributed by atoms with Crippen molar-refractivity contribution in [3.8, 4) is 0 Å². The van der Waals surface area contributed by atoms with Gasteiger partial charge in [0, 0.05) is 17.8 Å². The Bertz CT molecular complexity index is 433. The second-order valence-corrected chi connectivity index (χ2v) is 5.20. The van der Waals surface area contributed by atoms with Crippen LogP contribution in [-0.4, -0.2) is 33.3 Å². The molecule has 0 spiro atoms. The van der Waals surface area contributed by atoms with E-state index in [0.29, 0.717) is 22.6 Å². The Labute approximate surface area is 110 Å². The van der Waals surface area contributed by atoms with E-state index in [1.807, 2.05) is 6.26 Å².